The molecule has 1 fully saturated rings. The van der Waals surface area contributed by atoms with E-state index in [1.165, 1.54) is 11.6 Å². The number of thioether (sulfide) groups is 1. The van der Waals surface area contributed by atoms with Gasteiger partial charge < -0.3 is 20.1 Å². The summed E-state index contributed by atoms with van der Waals surface area (Å²) in [5, 5.41) is 6.08. The minimum Gasteiger partial charge on any atom is -0.369 e. The van der Waals surface area contributed by atoms with Crippen molar-refractivity contribution in [3.05, 3.63) is 136 Å². The van der Waals surface area contributed by atoms with E-state index in [1.54, 1.807) is 30.0 Å². The summed E-state index contributed by atoms with van der Waals surface area (Å²) < 4.78 is 1.92. The maximum absolute atomic E-state index is 13.1. The predicted molar refractivity (Wildman–Crippen MR) is 179 cm³/mol. The molecule has 7 nitrogen and oxygen atoms in total. The summed E-state index contributed by atoms with van der Waals surface area (Å²) in [4.78, 5) is 41.1. The molecule has 8 heteroatoms. The van der Waals surface area contributed by atoms with Gasteiger partial charge in [0.15, 0.2) is 0 Å². The van der Waals surface area contributed by atoms with Crippen LogP contribution in [0, 0.1) is 5.92 Å². The summed E-state index contributed by atoms with van der Waals surface area (Å²) in [5.41, 5.74) is 5.29. The third-order valence-electron chi connectivity index (χ3n) is 8.21. The molecule has 0 saturated carbocycles. The third-order valence-corrected chi connectivity index (χ3v) is 9.24. The molecule has 3 aromatic carbocycles. The zero-order valence-electron chi connectivity index (χ0n) is 24.5. The lowest BCUT2D eigenvalue weighted by atomic mass is 9.83. The molecule has 2 atom stereocenters. The number of hydrogen-bond donors (Lipinski definition) is 2. The second-order valence-corrected chi connectivity index (χ2v) is 12.5. The van der Waals surface area contributed by atoms with Gasteiger partial charge in [-0.3, -0.25) is 14.4 Å². The molecule has 2 amide bonds. The Bertz CT molecular complexity index is 1700. The Morgan fingerprint density at radius 1 is 0.886 bits per heavy atom. The Morgan fingerprint density at radius 2 is 1.68 bits per heavy atom. The number of carbonyl (C=O) groups is 2. The number of amides is 2. The Kier molecular flexibility index (Phi) is 9.27. The number of nitrogens with one attached hydrogen (secondary N) is 2. The summed E-state index contributed by atoms with van der Waals surface area (Å²) in [6.07, 6.45) is 4.33. The number of benzene rings is 3. The Labute approximate surface area is 262 Å². The van der Waals surface area contributed by atoms with Crippen LogP contribution in [0.15, 0.2) is 108 Å². The first-order valence-electron chi connectivity index (χ1n) is 15.1. The molecule has 0 radical (unpaired) electrons. The fourth-order valence-electron chi connectivity index (χ4n) is 6.16. The molecule has 3 heterocycles. The number of nitrogens with zero attached hydrogens (tertiary/aromatic N) is 2. The quantitative estimate of drug-likeness (QED) is 0.177. The van der Waals surface area contributed by atoms with Crippen LogP contribution < -0.4 is 21.1 Å². The zero-order chi connectivity index (χ0) is 30.3. The number of pyridine rings is 1. The van der Waals surface area contributed by atoms with Crippen molar-refractivity contribution in [1.82, 2.24) is 9.88 Å². The normalized spacial score (nSPS) is 17.2. The van der Waals surface area contributed by atoms with Crippen LogP contribution in [-0.4, -0.2) is 41.8 Å². The van der Waals surface area contributed by atoms with Crippen molar-refractivity contribution in [2.24, 2.45) is 5.92 Å². The lowest BCUT2D eigenvalue weighted by Gasteiger charge is -2.44. The Morgan fingerprint density at radius 3 is 2.50 bits per heavy atom. The summed E-state index contributed by atoms with van der Waals surface area (Å²) in [5.74, 6) is 1.80. The lowest BCUT2D eigenvalue weighted by Crippen LogP contribution is -2.47. The number of piperidine rings is 1. The first-order chi connectivity index (χ1) is 21.5. The van der Waals surface area contributed by atoms with Crippen LogP contribution >= 0.6 is 11.8 Å². The summed E-state index contributed by atoms with van der Waals surface area (Å²) >= 11 is 1.78. The van der Waals surface area contributed by atoms with Gasteiger partial charge in [0.2, 0.25) is 5.91 Å². The van der Waals surface area contributed by atoms with Gasteiger partial charge in [0.05, 0.1) is 11.4 Å². The van der Waals surface area contributed by atoms with E-state index in [0.717, 1.165) is 48.0 Å². The van der Waals surface area contributed by atoms with E-state index in [9.17, 15) is 14.4 Å². The highest BCUT2D eigenvalue weighted by atomic mass is 32.2. The summed E-state index contributed by atoms with van der Waals surface area (Å²) in [6.45, 7) is 2.73. The van der Waals surface area contributed by atoms with E-state index in [2.05, 4.69) is 33.7 Å². The predicted octanol–water partition coefficient (Wildman–Crippen LogP) is 5.79. The van der Waals surface area contributed by atoms with E-state index >= 15 is 0 Å². The van der Waals surface area contributed by atoms with Gasteiger partial charge in [0, 0.05) is 67.0 Å². The molecule has 44 heavy (non-hydrogen) atoms. The van der Waals surface area contributed by atoms with Crippen molar-refractivity contribution in [2.75, 3.05) is 35.6 Å². The van der Waals surface area contributed by atoms with Gasteiger partial charge >= 0.3 is 0 Å². The van der Waals surface area contributed by atoms with Crippen molar-refractivity contribution in [3.8, 4) is 0 Å². The highest BCUT2D eigenvalue weighted by Crippen LogP contribution is 2.39. The van der Waals surface area contributed by atoms with Crippen molar-refractivity contribution in [1.29, 1.82) is 0 Å². The van der Waals surface area contributed by atoms with Crippen molar-refractivity contribution in [3.63, 3.8) is 0 Å². The topological polar surface area (TPSA) is 83.4 Å². The molecular weight excluding hydrogens is 568 g/mol. The standard InChI is InChI=1S/C36H36N4O3S/c41-34(17-14-26-8-3-1-4-9-26)38-31-21-29(36(43)37-18-19-44-25-27-10-5-2-6-11-27)15-16-33(31)39-22-28-20-30(24-39)32-12-7-13-35(42)40(32)23-28/h1-17,21,28,30H,18-20,22-25H2,(H,37,43)(H,38,41)/b17-14+. The average Bonchev–Trinajstić information content (AvgIpc) is 3.05. The van der Waals surface area contributed by atoms with Crippen molar-refractivity contribution in [2.45, 2.75) is 24.6 Å². The van der Waals surface area contributed by atoms with Gasteiger partial charge in [0.25, 0.3) is 11.5 Å². The van der Waals surface area contributed by atoms with Crippen molar-refractivity contribution >= 4 is 41.0 Å². The minimum absolute atomic E-state index is 0.0534. The van der Waals surface area contributed by atoms with Crippen LogP contribution in [0.1, 0.15) is 39.5 Å². The molecule has 2 N–H and O–H groups in total. The van der Waals surface area contributed by atoms with E-state index in [1.807, 2.05) is 71.3 Å². The lowest BCUT2D eigenvalue weighted by molar-refractivity contribution is -0.111. The summed E-state index contributed by atoms with van der Waals surface area (Å²) in [7, 11) is 0. The second kappa shape index (κ2) is 13.8. The molecule has 1 aromatic heterocycles. The maximum atomic E-state index is 13.1. The molecule has 1 saturated heterocycles. The van der Waals surface area contributed by atoms with Gasteiger partial charge in [-0.2, -0.15) is 11.8 Å². The van der Waals surface area contributed by atoms with E-state index in [0.29, 0.717) is 30.3 Å². The second-order valence-electron chi connectivity index (χ2n) is 11.4. The monoisotopic (exact) mass is 604 g/mol. The Balaban J connectivity index is 1.18. The van der Waals surface area contributed by atoms with Crippen LogP contribution in [0.5, 0.6) is 0 Å². The largest absolute Gasteiger partial charge is 0.369 e. The SMILES string of the molecule is O=C(/C=C/c1ccccc1)Nc1cc(C(=O)NCCSCc2ccccc2)ccc1N1CC2CC(C1)c1cccc(=O)n1C2. The van der Waals surface area contributed by atoms with Crippen LogP contribution in [0.2, 0.25) is 0 Å². The van der Waals surface area contributed by atoms with Gasteiger partial charge in [0.1, 0.15) is 0 Å². The minimum atomic E-state index is -0.265. The number of anilines is 2. The van der Waals surface area contributed by atoms with Crippen LogP contribution in [0.4, 0.5) is 11.4 Å². The van der Waals surface area contributed by atoms with E-state index in [4.69, 9.17) is 0 Å². The summed E-state index contributed by atoms with van der Waals surface area (Å²) in [6, 6.07) is 31.0. The first-order valence-corrected chi connectivity index (χ1v) is 16.2. The molecule has 0 spiro atoms. The smallest absolute Gasteiger partial charge is 0.251 e. The van der Waals surface area contributed by atoms with Crippen LogP contribution in [-0.2, 0) is 17.1 Å². The molecule has 224 valence electrons. The average molecular weight is 605 g/mol. The molecule has 6 rings (SSSR count). The van der Waals surface area contributed by atoms with Gasteiger partial charge in [-0.25, -0.2) is 0 Å². The fraction of sp³-hybridized carbons (Fsp3) is 0.250. The molecular formula is C36H36N4O3S. The zero-order valence-corrected chi connectivity index (χ0v) is 25.3. The highest BCUT2D eigenvalue weighted by molar-refractivity contribution is 7.98. The fourth-order valence-corrected chi connectivity index (χ4v) is 6.98. The number of rotatable bonds is 10. The number of aromatic nitrogens is 1. The molecule has 2 aliphatic rings. The first kappa shape index (κ1) is 29.5. The van der Waals surface area contributed by atoms with E-state index < -0.39 is 0 Å². The van der Waals surface area contributed by atoms with Crippen LogP contribution in [0.3, 0.4) is 0 Å². The van der Waals surface area contributed by atoms with E-state index in [-0.39, 0.29) is 23.3 Å². The molecule has 2 aliphatic heterocycles. The Hall–Kier alpha value is -4.56. The van der Waals surface area contributed by atoms with Gasteiger partial charge in [-0.05, 0) is 53.8 Å². The maximum Gasteiger partial charge on any atom is 0.251 e. The third kappa shape index (κ3) is 7.14. The number of carbonyl (C=O) groups excluding carboxylic acids is 2. The van der Waals surface area contributed by atoms with Gasteiger partial charge in [-0.1, -0.05) is 66.7 Å². The molecule has 0 aliphatic carbocycles. The molecule has 2 bridgehead atoms. The van der Waals surface area contributed by atoms with Crippen LogP contribution in [0.25, 0.3) is 6.08 Å². The number of fused-ring (bicyclic) bond motifs is 4. The number of hydrogen-bond acceptors (Lipinski definition) is 5. The highest BCUT2D eigenvalue weighted by Gasteiger charge is 2.35. The molecule has 4 aromatic rings. The molecule has 2 unspecified atom stereocenters. The van der Waals surface area contributed by atoms with Gasteiger partial charge in [-0.15, -0.1) is 0 Å². The van der Waals surface area contributed by atoms with Crippen molar-refractivity contribution < 1.29 is 9.59 Å².